The van der Waals surface area contributed by atoms with E-state index >= 15 is 0 Å². The number of nitrogens with one attached hydrogen (secondary N) is 3. The van der Waals surface area contributed by atoms with Crippen molar-refractivity contribution in [2.24, 2.45) is 0 Å². The number of nitrogens with zero attached hydrogens (tertiary/aromatic N) is 1. The van der Waals surface area contributed by atoms with E-state index in [9.17, 15) is 13.2 Å². The molecule has 0 saturated carbocycles. The lowest BCUT2D eigenvalue weighted by atomic mass is 10.1. The van der Waals surface area contributed by atoms with E-state index in [1.54, 1.807) is 6.20 Å². The largest absolute Gasteiger partial charge is 0.309 e. The molecule has 7 nitrogen and oxygen atoms in total. The Hall–Kier alpha value is -2.19. The van der Waals surface area contributed by atoms with Crippen LogP contribution in [-0.4, -0.2) is 37.3 Å². The summed E-state index contributed by atoms with van der Waals surface area (Å²) in [4.78, 5) is 11.7. The summed E-state index contributed by atoms with van der Waals surface area (Å²) in [5.41, 5.74) is 1.63. The summed E-state index contributed by atoms with van der Waals surface area (Å²) in [5, 5.41) is 9.13. The van der Waals surface area contributed by atoms with Crippen molar-refractivity contribution >= 4 is 21.7 Å². The minimum absolute atomic E-state index is 0.327. The van der Waals surface area contributed by atoms with Gasteiger partial charge in [-0.1, -0.05) is 30.3 Å². The van der Waals surface area contributed by atoms with Crippen molar-refractivity contribution in [1.82, 2.24) is 14.9 Å². The van der Waals surface area contributed by atoms with Crippen LogP contribution in [0.1, 0.15) is 0 Å². The average molecular weight is 294 g/mol. The number of carbonyl (C=O) groups excluding carboxylic acids is 1. The quantitative estimate of drug-likeness (QED) is 0.749. The molecule has 1 amide bonds. The van der Waals surface area contributed by atoms with Crippen LogP contribution in [0.3, 0.4) is 0 Å². The van der Waals surface area contributed by atoms with Gasteiger partial charge in [-0.2, -0.15) is 5.10 Å². The van der Waals surface area contributed by atoms with Gasteiger partial charge in [0.25, 0.3) is 0 Å². The molecule has 0 aliphatic heterocycles. The van der Waals surface area contributed by atoms with Crippen molar-refractivity contribution in [2.75, 3.05) is 18.1 Å². The number of hydrogen-bond acceptors (Lipinski definition) is 4. The molecule has 2 aromatic rings. The van der Waals surface area contributed by atoms with Crippen molar-refractivity contribution in [2.45, 2.75) is 0 Å². The lowest BCUT2D eigenvalue weighted by molar-refractivity contribution is -0.115. The molecule has 0 atom stereocenters. The number of amides is 1. The number of sulfonamides is 1. The van der Waals surface area contributed by atoms with Gasteiger partial charge < -0.3 is 5.32 Å². The zero-order valence-electron chi connectivity index (χ0n) is 10.8. The minimum Gasteiger partial charge on any atom is -0.309 e. The Morgan fingerprint density at radius 1 is 1.30 bits per heavy atom. The van der Waals surface area contributed by atoms with Crippen LogP contribution in [0.25, 0.3) is 11.1 Å². The van der Waals surface area contributed by atoms with Gasteiger partial charge in [-0.15, -0.1) is 0 Å². The average Bonchev–Trinajstić information content (AvgIpc) is 2.85. The summed E-state index contributed by atoms with van der Waals surface area (Å²) < 4.78 is 23.9. The molecule has 1 aromatic heterocycles. The lowest BCUT2D eigenvalue weighted by Gasteiger charge is -2.06. The molecule has 0 aliphatic carbocycles. The number of aromatic nitrogens is 2. The monoisotopic (exact) mass is 294 g/mol. The topological polar surface area (TPSA) is 104 Å². The fraction of sp³-hybridized carbons (Fsp3) is 0.167. The SMILES string of the molecule is CS(=O)(=O)NCC(=O)Nc1[nH]ncc1-c1ccccc1. The summed E-state index contributed by atoms with van der Waals surface area (Å²) in [6.45, 7) is -0.327. The van der Waals surface area contributed by atoms with Crippen molar-refractivity contribution in [3.8, 4) is 11.1 Å². The zero-order chi connectivity index (χ0) is 14.6. The highest BCUT2D eigenvalue weighted by molar-refractivity contribution is 7.88. The second-order valence-electron chi connectivity index (χ2n) is 4.17. The molecule has 0 unspecified atom stereocenters. The Morgan fingerprint density at radius 2 is 2.00 bits per heavy atom. The predicted octanol–water partition coefficient (Wildman–Crippen LogP) is 0.564. The van der Waals surface area contributed by atoms with E-state index in [1.807, 2.05) is 30.3 Å². The van der Waals surface area contributed by atoms with Crippen LogP contribution in [-0.2, 0) is 14.8 Å². The molecule has 1 aromatic carbocycles. The van der Waals surface area contributed by atoms with Crippen LogP contribution in [0.4, 0.5) is 5.82 Å². The zero-order valence-corrected chi connectivity index (χ0v) is 11.6. The van der Waals surface area contributed by atoms with E-state index in [4.69, 9.17) is 0 Å². The third-order valence-corrected chi connectivity index (χ3v) is 3.15. The van der Waals surface area contributed by atoms with Crippen molar-refractivity contribution in [3.63, 3.8) is 0 Å². The smallest absolute Gasteiger partial charge is 0.240 e. The van der Waals surface area contributed by atoms with Gasteiger partial charge in [-0.3, -0.25) is 9.89 Å². The molecule has 106 valence electrons. The van der Waals surface area contributed by atoms with Crippen molar-refractivity contribution in [3.05, 3.63) is 36.5 Å². The maximum Gasteiger partial charge on any atom is 0.240 e. The van der Waals surface area contributed by atoms with Gasteiger partial charge in [0.05, 0.1) is 19.0 Å². The molecule has 3 N–H and O–H groups in total. The Kier molecular flexibility index (Phi) is 4.16. The van der Waals surface area contributed by atoms with E-state index in [0.717, 1.165) is 17.4 Å². The minimum atomic E-state index is -3.40. The Bertz CT molecular complexity index is 695. The second kappa shape index (κ2) is 5.85. The maximum absolute atomic E-state index is 11.7. The molecule has 0 radical (unpaired) electrons. The van der Waals surface area contributed by atoms with Gasteiger partial charge in [-0.25, -0.2) is 13.1 Å². The normalized spacial score (nSPS) is 11.2. The first-order valence-electron chi connectivity index (χ1n) is 5.79. The summed E-state index contributed by atoms with van der Waals surface area (Å²) in [7, 11) is -3.40. The predicted molar refractivity (Wildman–Crippen MR) is 75.5 cm³/mol. The molecular weight excluding hydrogens is 280 g/mol. The fourth-order valence-corrected chi connectivity index (χ4v) is 1.99. The summed E-state index contributed by atoms with van der Waals surface area (Å²) in [6, 6.07) is 9.40. The van der Waals surface area contributed by atoms with Crippen LogP contribution in [0.15, 0.2) is 36.5 Å². The summed E-state index contributed by atoms with van der Waals surface area (Å²) in [5.74, 6) is -0.0478. The van der Waals surface area contributed by atoms with Crippen molar-refractivity contribution < 1.29 is 13.2 Å². The molecule has 2 rings (SSSR count). The number of benzene rings is 1. The van der Waals surface area contributed by atoms with E-state index in [-0.39, 0.29) is 6.54 Å². The molecule has 0 fully saturated rings. The van der Waals surface area contributed by atoms with Crippen LogP contribution < -0.4 is 10.0 Å². The van der Waals surface area contributed by atoms with E-state index in [1.165, 1.54) is 0 Å². The van der Waals surface area contributed by atoms with Gasteiger partial charge in [-0.05, 0) is 5.56 Å². The van der Waals surface area contributed by atoms with Gasteiger partial charge in [0.2, 0.25) is 15.9 Å². The second-order valence-corrected chi connectivity index (χ2v) is 6.00. The number of rotatable bonds is 5. The third-order valence-electron chi connectivity index (χ3n) is 2.48. The summed E-state index contributed by atoms with van der Waals surface area (Å²) in [6.07, 6.45) is 2.58. The lowest BCUT2D eigenvalue weighted by Crippen LogP contribution is -2.32. The highest BCUT2D eigenvalue weighted by atomic mass is 32.2. The van der Waals surface area contributed by atoms with Crippen LogP contribution in [0, 0.1) is 0 Å². The number of anilines is 1. The summed E-state index contributed by atoms with van der Waals surface area (Å²) >= 11 is 0. The third kappa shape index (κ3) is 3.90. The van der Waals surface area contributed by atoms with Crippen LogP contribution in [0.2, 0.25) is 0 Å². The molecule has 1 heterocycles. The van der Waals surface area contributed by atoms with E-state index in [2.05, 4.69) is 20.2 Å². The highest BCUT2D eigenvalue weighted by Gasteiger charge is 2.11. The molecule has 8 heteroatoms. The van der Waals surface area contributed by atoms with Gasteiger partial charge in [0.1, 0.15) is 5.82 Å². The fourth-order valence-electron chi connectivity index (χ4n) is 1.60. The molecular formula is C12H14N4O3S. The first-order chi connectivity index (χ1) is 9.46. The standard InChI is InChI=1S/C12H14N4O3S/c1-20(18,19)14-8-11(17)15-12-10(7-13-16-12)9-5-3-2-4-6-9/h2-7,14H,8H2,1H3,(H2,13,15,16,17). The molecule has 0 bridgehead atoms. The number of hydrogen-bond donors (Lipinski definition) is 3. The Morgan fingerprint density at radius 3 is 2.65 bits per heavy atom. The van der Waals surface area contributed by atoms with E-state index < -0.39 is 15.9 Å². The van der Waals surface area contributed by atoms with E-state index in [0.29, 0.717) is 5.82 Å². The Balaban J connectivity index is 2.08. The van der Waals surface area contributed by atoms with Crippen LogP contribution in [0.5, 0.6) is 0 Å². The Labute approximate surface area is 116 Å². The van der Waals surface area contributed by atoms with Gasteiger partial charge in [0, 0.05) is 5.56 Å². The number of carbonyl (C=O) groups is 1. The number of H-pyrrole nitrogens is 1. The van der Waals surface area contributed by atoms with Gasteiger partial charge in [0.15, 0.2) is 0 Å². The van der Waals surface area contributed by atoms with Gasteiger partial charge >= 0.3 is 0 Å². The first kappa shape index (κ1) is 14.2. The molecule has 0 spiro atoms. The maximum atomic E-state index is 11.7. The molecule has 0 saturated heterocycles. The highest BCUT2D eigenvalue weighted by Crippen LogP contribution is 2.25. The van der Waals surface area contributed by atoms with Crippen LogP contribution >= 0.6 is 0 Å². The van der Waals surface area contributed by atoms with Crippen molar-refractivity contribution in [1.29, 1.82) is 0 Å². The molecule has 0 aliphatic rings. The first-order valence-corrected chi connectivity index (χ1v) is 7.68. The molecule has 20 heavy (non-hydrogen) atoms. The number of aromatic amines is 1.